The molecule has 33 heavy (non-hydrogen) atoms. The molecule has 0 unspecified atom stereocenters. The highest BCUT2D eigenvalue weighted by Crippen LogP contribution is 2.46. The number of rotatable bonds is 6. The minimum absolute atomic E-state index is 0.00750. The average Bonchev–Trinajstić information content (AvgIpc) is 3.38. The SMILES string of the molecule is COc1ccc2c3c(n(CCC(C)C)c2c1)[C@H](CC(C)C)N1C(=O)[C@@H]2CCCN2C(=O)C1=C3. The number of hydrogen-bond acceptors (Lipinski definition) is 3. The van der Waals surface area contributed by atoms with Crippen LogP contribution in [0.15, 0.2) is 23.9 Å². The predicted molar refractivity (Wildman–Crippen MR) is 130 cm³/mol. The molecule has 2 amide bonds. The van der Waals surface area contributed by atoms with Crippen molar-refractivity contribution in [3.05, 3.63) is 35.2 Å². The van der Waals surface area contributed by atoms with E-state index in [0.717, 1.165) is 54.4 Å². The van der Waals surface area contributed by atoms with Crippen molar-refractivity contribution in [2.45, 2.75) is 72.0 Å². The maximum absolute atomic E-state index is 13.7. The van der Waals surface area contributed by atoms with Crippen molar-refractivity contribution in [2.24, 2.45) is 11.8 Å². The lowest BCUT2D eigenvalue weighted by atomic mass is 9.89. The molecule has 176 valence electrons. The first kappa shape index (κ1) is 22.1. The smallest absolute Gasteiger partial charge is 0.271 e. The number of nitrogens with zero attached hydrogens (tertiary/aromatic N) is 3. The minimum Gasteiger partial charge on any atom is -0.497 e. The van der Waals surface area contributed by atoms with Crippen LogP contribution in [0.1, 0.15) is 70.7 Å². The summed E-state index contributed by atoms with van der Waals surface area (Å²) in [5, 5.41) is 1.12. The molecule has 2 saturated heterocycles. The van der Waals surface area contributed by atoms with Gasteiger partial charge in [0, 0.05) is 35.8 Å². The molecule has 1 aromatic heterocycles. The van der Waals surface area contributed by atoms with Crippen LogP contribution in [0.4, 0.5) is 0 Å². The molecule has 4 heterocycles. The molecule has 6 heteroatoms. The number of carbonyl (C=O) groups excluding carboxylic acids is 2. The summed E-state index contributed by atoms with van der Waals surface area (Å²) in [5.41, 5.74) is 3.93. The third-order valence-corrected chi connectivity index (χ3v) is 7.40. The molecule has 6 nitrogen and oxygen atoms in total. The van der Waals surface area contributed by atoms with Crippen molar-refractivity contribution in [1.82, 2.24) is 14.4 Å². The zero-order chi connectivity index (χ0) is 23.4. The van der Waals surface area contributed by atoms with Crippen LogP contribution in [-0.2, 0) is 16.1 Å². The molecule has 0 aliphatic carbocycles. The molecule has 0 N–H and O–H groups in total. The van der Waals surface area contributed by atoms with Gasteiger partial charge in [0.05, 0.1) is 18.7 Å². The molecular formula is C27H35N3O3. The van der Waals surface area contributed by atoms with E-state index < -0.39 is 0 Å². The van der Waals surface area contributed by atoms with E-state index in [1.807, 2.05) is 17.0 Å². The largest absolute Gasteiger partial charge is 0.497 e. The van der Waals surface area contributed by atoms with E-state index in [4.69, 9.17) is 4.74 Å². The van der Waals surface area contributed by atoms with Crippen molar-refractivity contribution >= 4 is 28.8 Å². The zero-order valence-electron chi connectivity index (χ0n) is 20.4. The molecule has 0 radical (unpaired) electrons. The highest BCUT2D eigenvalue weighted by molar-refractivity contribution is 6.10. The lowest BCUT2D eigenvalue weighted by Gasteiger charge is -2.45. The van der Waals surface area contributed by atoms with E-state index >= 15 is 0 Å². The van der Waals surface area contributed by atoms with E-state index in [9.17, 15) is 9.59 Å². The Morgan fingerprint density at radius 1 is 1.12 bits per heavy atom. The Balaban J connectivity index is 1.76. The number of aromatic nitrogens is 1. The van der Waals surface area contributed by atoms with E-state index in [1.165, 1.54) is 5.69 Å². The maximum Gasteiger partial charge on any atom is 0.271 e. The number of piperazine rings is 1. The second kappa shape index (κ2) is 8.23. The monoisotopic (exact) mass is 449 g/mol. The van der Waals surface area contributed by atoms with Gasteiger partial charge in [0.1, 0.15) is 17.5 Å². The minimum atomic E-state index is -0.306. The molecule has 2 aromatic rings. The molecule has 0 bridgehead atoms. The van der Waals surface area contributed by atoms with Gasteiger partial charge in [-0.15, -0.1) is 0 Å². The summed E-state index contributed by atoms with van der Waals surface area (Å²) in [7, 11) is 1.69. The summed E-state index contributed by atoms with van der Waals surface area (Å²) in [4.78, 5) is 30.9. The summed E-state index contributed by atoms with van der Waals surface area (Å²) in [6.07, 6.45) is 5.52. The van der Waals surface area contributed by atoms with Gasteiger partial charge in [0.15, 0.2) is 0 Å². The summed E-state index contributed by atoms with van der Waals surface area (Å²) in [5.74, 6) is 1.87. The number of benzene rings is 1. The zero-order valence-corrected chi connectivity index (χ0v) is 20.4. The van der Waals surface area contributed by atoms with Gasteiger partial charge in [-0.2, -0.15) is 0 Å². The Hall–Kier alpha value is -2.76. The van der Waals surface area contributed by atoms with Crippen molar-refractivity contribution in [3.8, 4) is 5.75 Å². The molecule has 0 spiro atoms. The van der Waals surface area contributed by atoms with Crippen LogP contribution in [0, 0.1) is 11.8 Å². The number of ether oxygens (including phenoxy) is 1. The molecular weight excluding hydrogens is 414 g/mol. The highest BCUT2D eigenvalue weighted by Gasteiger charge is 2.50. The number of carbonyl (C=O) groups is 2. The van der Waals surface area contributed by atoms with E-state index in [2.05, 4.69) is 44.4 Å². The number of methoxy groups -OCH3 is 1. The first-order valence-electron chi connectivity index (χ1n) is 12.4. The lowest BCUT2D eigenvalue weighted by Crippen LogP contribution is -2.57. The number of hydrogen-bond donors (Lipinski definition) is 0. The van der Waals surface area contributed by atoms with Crippen LogP contribution >= 0.6 is 0 Å². The number of aryl methyl sites for hydroxylation is 1. The summed E-state index contributed by atoms with van der Waals surface area (Å²) < 4.78 is 7.95. The average molecular weight is 450 g/mol. The Labute approximate surface area is 196 Å². The van der Waals surface area contributed by atoms with Gasteiger partial charge >= 0.3 is 0 Å². The third-order valence-electron chi connectivity index (χ3n) is 7.40. The second-order valence-corrected chi connectivity index (χ2v) is 10.6. The molecule has 3 aliphatic rings. The van der Waals surface area contributed by atoms with E-state index in [-0.39, 0.29) is 23.9 Å². The van der Waals surface area contributed by atoms with Crippen molar-refractivity contribution < 1.29 is 14.3 Å². The van der Waals surface area contributed by atoms with E-state index in [1.54, 1.807) is 12.0 Å². The number of amides is 2. The molecule has 0 saturated carbocycles. The third kappa shape index (κ3) is 3.46. The van der Waals surface area contributed by atoms with Crippen molar-refractivity contribution in [2.75, 3.05) is 13.7 Å². The second-order valence-electron chi connectivity index (χ2n) is 10.6. The quantitative estimate of drug-likeness (QED) is 0.626. The lowest BCUT2D eigenvalue weighted by molar-refractivity contribution is -0.151. The predicted octanol–water partition coefficient (Wildman–Crippen LogP) is 4.97. The molecule has 5 rings (SSSR count). The van der Waals surface area contributed by atoms with Gasteiger partial charge in [-0.1, -0.05) is 27.7 Å². The van der Waals surface area contributed by atoms with Gasteiger partial charge in [-0.05, 0) is 55.7 Å². The first-order chi connectivity index (χ1) is 15.8. The summed E-state index contributed by atoms with van der Waals surface area (Å²) >= 11 is 0. The van der Waals surface area contributed by atoms with Gasteiger partial charge in [-0.25, -0.2) is 0 Å². The fourth-order valence-corrected chi connectivity index (χ4v) is 5.81. The summed E-state index contributed by atoms with van der Waals surface area (Å²) in [6.45, 7) is 10.4. The standard InChI is InChI=1S/C27H35N3O3/c1-16(2)10-12-28-22-14-18(33-5)8-9-19(22)20-15-24-26(31)29-11-6-7-21(29)27(32)30(24)23(25(20)28)13-17(3)4/h8-9,14-17,21,23H,6-7,10-13H2,1-5H3/t21-,23-/m0/s1. The van der Waals surface area contributed by atoms with Crippen molar-refractivity contribution in [1.29, 1.82) is 0 Å². The van der Waals surface area contributed by atoms with Crippen LogP contribution in [0.25, 0.3) is 17.0 Å². The fourth-order valence-electron chi connectivity index (χ4n) is 5.81. The Bertz CT molecular complexity index is 1140. The Kier molecular flexibility index (Phi) is 5.50. The van der Waals surface area contributed by atoms with Crippen LogP contribution < -0.4 is 4.74 Å². The molecule has 3 aliphatic heterocycles. The fraction of sp³-hybridized carbons (Fsp3) is 0.556. The van der Waals surface area contributed by atoms with Gasteiger partial charge in [0.2, 0.25) is 0 Å². The molecule has 2 fully saturated rings. The van der Waals surface area contributed by atoms with Gasteiger partial charge in [-0.3, -0.25) is 14.5 Å². The van der Waals surface area contributed by atoms with Crippen LogP contribution in [-0.4, -0.2) is 45.9 Å². The van der Waals surface area contributed by atoms with E-state index in [0.29, 0.717) is 24.1 Å². The van der Waals surface area contributed by atoms with Crippen LogP contribution in [0.3, 0.4) is 0 Å². The Morgan fingerprint density at radius 2 is 1.91 bits per heavy atom. The van der Waals surface area contributed by atoms with Gasteiger partial charge in [0.25, 0.3) is 11.8 Å². The number of fused-ring (bicyclic) bond motifs is 5. The first-order valence-corrected chi connectivity index (χ1v) is 12.4. The summed E-state index contributed by atoms with van der Waals surface area (Å²) in [6, 6.07) is 5.75. The Morgan fingerprint density at radius 3 is 2.61 bits per heavy atom. The maximum atomic E-state index is 13.7. The van der Waals surface area contributed by atoms with Gasteiger partial charge < -0.3 is 14.2 Å². The molecule has 2 atom stereocenters. The van der Waals surface area contributed by atoms with Crippen LogP contribution in [0.5, 0.6) is 5.75 Å². The normalized spacial score (nSPS) is 22.2. The highest BCUT2D eigenvalue weighted by atomic mass is 16.5. The molecule has 1 aromatic carbocycles. The van der Waals surface area contributed by atoms with Crippen LogP contribution in [0.2, 0.25) is 0 Å². The topological polar surface area (TPSA) is 54.8 Å². The van der Waals surface area contributed by atoms with Crippen molar-refractivity contribution in [3.63, 3.8) is 0 Å².